The van der Waals surface area contributed by atoms with Crippen LogP contribution in [-0.2, 0) is 20.8 Å². The van der Waals surface area contributed by atoms with Crippen molar-refractivity contribution in [1.29, 1.82) is 0 Å². The first kappa shape index (κ1) is 14.5. The first-order valence-corrected chi connectivity index (χ1v) is 6.85. The lowest BCUT2D eigenvalue weighted by molar-refractivity contribution is -0.292. The zero-order valence-corrected chi connectivity index (χ0v) is 11.8. The van der Waals surface area contributed by atoms with Crippen LogP contribution in [0.4, 0.5) is 0 Å². The Morgan fingerprint density at radius 1 is 1.26 bits per heavy atom. The van der Waals surface area contributed by atoms with Gasteiger partial charge in [0.1, 0.15) is 0 Å². The molecule has 0 bridgehead atoms. The Morgan fingerprint density at radius 3 is 2.68 bits per heavy atom. The third-order valence-electron chi connectivity index (χ3n) is 3.12. The number of benzene rings is 1. The van der Waals surface area contributed by atoms with Gasteiger partial charge in [-0.3, -0.25) is 0 Å². The summed E-state index contributed by atoms with van der Waals surface area (Å²) < 4.78 is 17.1. The highest BCUT2D eigenvalue weighted by Gasteiger charge is 2.33. The minimum absolute atomic E-state index is 0.00266. The van der Waals surface area contributed by atoms with Crippen LogP contribution in [-0.4, -0.2) is 24.6 Å². The predicted octanol–water partition coefficient (Wildman–Crippen LogP) is 3.34. The van der Waals surface area contributed by atoms with Gasteiger partial charge in [0.15, 0.2) is 5.79 Å². The van der Waals surface area contributed by atoms with Crippen molar-refractivity contribution in [3.63, 3.8) is 0 Å². The quantitative estimate of drug-likeness (QED) is 0.763. The van der Waals surface area contributed by atoms with Gasteiger partial charge in [-0.15, -0.1) is 0 Å². The van der Waals surface area contributed by atoms with Crippen molar-refractivity contribution in [1.82, 2.24) is 0 Å². The van der Waals surface area contributed by atoms with Gasteiger partial charge in [0.2, 0.25) is 0 Å². The minimum Gasteiger partial charge on any atom is -0.377 e. The molecule has 1 fully saturated rings. The SMILES string of the molecule is [CH2][C@@H]1C[C@H](CCOCc2ccccc2)OC(C)(C)O1. The molecule has 1 radical (unpaired) electrons. The van der Waals surface area contributed by atoms with Crippen LogP contribution in [0.25, 0.3) is 0 Å². The van der Waals surface area contributed by atoms with Crippen LogP contribution in [0.3, 0.4) is 0 Å². The van der Waals surface area contributed by atoms with Crippen molar-refractivity contribution < 1.29 is 14.2 Å². The van der Waals surface area contributed by atoms with Crippen molar-refractivity contribution in [2.75, 3.05) is 6.61 Å². The Labute approximate surface area is 115 Å². The molecule has 1 heterocycles. The van der Waals surface area contributed by atoms with Crippen LogP contribution < -0.4 is 0 Å². The van der Waals surface area contributed by atoms with Crippen molar-refractivity contribution in [3.05, 3.63) is 42.8 Å². The molecule has 0 aliphatic carbocycles. The molecule has 2 atom stereocenters. The van der Waals surface area contributed by atoms with Crippen molar-refractivity contribution in [2.24, 2.45) is 0 Å². The maximum atomic E-state index is 5.85. The Bertz CT molecular complexity index is 375. The summed E-state index contributed by atoms with van der Waals surface area (Å²) in [4.78, 5) is 0. The van der Waals surface area contributed by atoms with Crippen molar-refractivity contribution >= 4 is 0 Å². The van der Waals surface area contributed by atoms with E-state index in [-0.39, 0.29) is 12.2 Å². The second-order valence-electron chi connectivity index (χ2n) is 5.44. The first-order valence-electron chi connectivity index (χ1n) is 6.85. The summed E-state index contributed by atoms with van der Waals surface area (Å²) in [5.74, 6) is -0.533. The highest BCUT2D eigenvalue weighted by molar-refractivity contribution is 5.13. The number of hydrogen-bond donors (Lipinski definition) is 0. The largest absolute Gasteiger partial charge is 0.377 e. The molecular weight excluding hydrogens is 240 g/mol. The maximum absolute atomic E-state index is 5.85. The molecule has 0 aromatic heterocycles. The summed E-state index contributed by atoms with van der Waals surface area (Å²) in [6, 6.07) is 10.2. The molecule has 2 rings (SSSR count). The van der Waals surface area contributed by atoms with Gasteiger partial charge in [0.05, 0.1) is 18.8 Å². The third-order valence-corrected chi connectivity index (χ3v) is 3.12. The molecule has 3 nitrogen and oxygen atoms in total. The van der Waals surface area contributed by atoms with E-state index in [4.69, 9.17) is 14.2 Å². The summed E-state index contributed by atoms with van der Waals surface area (Å²) >= 11 is 0. The van der Waals surface area contributed by atoms with E-state index in [0.717, 1.165) is 12.8 Å². The van der Waals surface area contributed by atoms with Gasteiger partial charge in [-0.1, -0.05) is 30.3 Å². The zero-order chi connectivity index (χ0) is 13.7. The van der Waals surface area contributed by atoms with Crippen LogP contribution in [0.5, 0.6) is 0 Å². The topological polar surface area (TPSA) is 27.7 Å². The van der Waals surface area contributed by atoms with Gasteiger partial charge in [0.25, 0.3) is 0 Å². The van der Waals surface area contributed by atoms with Crippen LogP contribution in [0.2, 0.25) is 0 Å². The monoisotopic (exact) mass is 263 g/mol. The summed E-state index contributed by atoms with van der Waals surface area (Å²) in [6.45, 7) is 9.19. The van der Waals surface area contributed by atoms with Crippen LogP contribution >= 0.6 is 0 Å². The number of hydrogen-bond acceptors (Lipinski definition) is 3. The fourth-order valence-corrected chi connectivity index (χ4v) is 2.38. The molecule has 19 heavy (non-hydrogen) atoms. The molecule has 1 aliphatic heterocycles. The Hall–Kier alpha value is -0.900. The van der Waals surface area contributed by atoms with Crippen LogP contribution in [0.1, 0.15) is 32.3 Å². The molecule has 1 saturated heterocycles. The lowest BCUT2D eigenvalue weighted by Crippen LogP contribution is -2.44. The molecule has 1 aliphatic rings. The normalized spacial score (nSPS) is 26.3. The van der Waals surface area contributed by atoms with Gasteiger partial charge < -0.3 is 14.2 Å². The molecule has 0 amide bonds. The number of rotatable bonds is 5. The molecule has 1 aromatic rings. The molecule has 105 valence electrons. The van der Waals surface area contributed by atoms with E-state index >= 15 is 0 Å². The standard InChI is InChI=1S/C16H23O3/c1-13-11-15(19-16(2,3)18-13)9-10-17-12-14-7-5-4-6-8-14/h4-8,13,15H,1,9-12H2,2-3H3/t13-,15+/m1/s1. The highest BCUT2D eigenvalue weighted by Crippen LogP contribution is 2.27. The fraction of sp³-hybridized carbons (Fsp3) is 0.562. The van der Waals surface area contributed by atoms with Gasteiger partial charge in [-0.25, -0.2) is 0 Å². The minimum atomic E-state index is -0.533. The van der Waals surface area contributed by atoms with E-state index in [0.29, 0.717) is 13.2 Å². The zero-order valence-electron chi connectivity index (χ0n) is 11.8. The summed E-state index contributed by atoms with van der Waals surface area (Å²) in [5, 5.41) is 0. The molecule has 0 saturated carbocycles. The van der Waals surface area contributed by atoms with Crippen LogP contribution in [0, 0.1) is 6.92 Å². The lowest BCUT2D eigenvalue weighted by atomic mass is 10.1. The van der Waals surface area contributed by atoms with E-state index in [9.17, 15) is 0 Å². The van der Waals surface area contributed by atoms with E-state index < -0.39 is 5.79 Å². The lowest BCUT2D eigenvalue weighted by Gasteiger charge is -2.39. The van der Waals surface area contributed by atoms with Gasteiger partial charge in [-0.2, -0.15) is 0 Å². The highest BCUT2D eigenvalue weighted by atomic mass is 16.7. The molecule has 3 heteroatoms. The van der Waals surface area contributed by atoms with Crippen molar-refractivity contribution in [3.8, 4) is 0 Å². The van der Waals surface area contributed by atoms with E-state index in [1.807, 2.05) is 32.0 Å². The average Bonchev–Trinajstić information content (AvgIpc) is 2.33. The summed E-state index contributed by atoms with van der Waals surface area (Å²) in [7, 11) is 0. The molecular formula is C16H23O3. The Morgan fingerprint density at radius 2 is 2.00 bits per heavy atom. The first-order chi connectivity index (χ1) is 9.05. The Balaban J connectivity index is 1.68. The summed E-state index contributed by atoms with van der Waals surface area (Å²) in [5.41, 5.74) is 1.20. The summed E-state index contributed by atoms with van der Waals surface area (Å²) in [6.07, 6.45) is 1.88. The van der Waals surface area contributed by atoms with Crippen molar-refractivity contribution in [2.45, 2.75) is 51.3 Å². The van der Waals surface area contributed by atoms with E-state index in [1.165, 1.54) is 5.56 Å². The van der Waals surface area contributed by atoms with Gasteiger partial charge in [0, 0.05) is 13.0 Å². The molecule has 0 unspecified atom stereocenters. The number of ether oxygens (including phenoxy) is 3. The predicted molar refractivity (Wildman–Crippen MR) is 74.5 cm³/mol. The second kappa shape index (κ2) is 6.51. The fourth-order valence-electron chi connectivity index (χ4n) is 2.38. The maximum Gasteiger partial charge on any atom is 0.163 e. The Kier molecular flexibility index (Phi) is 4.97. The average molecular weight is 263 g/mol. The van der Waals surface area contributed by atoms with E-state index in [1.54, 1.807) is 0 Å². The molecule has 0 spiro atoms. The van der Waals surface area contributed by atoms with Crippen LogP contribution in [0.15, 0.2) is 30.3 Å². The molecule has 0 N–H and O–H groups in total. The second-order valence-corrected chi connectivity index (χ2v) is 5.44. The van der Waals surface area contributed by atoms with Gasteiger partial charge >= 0.3 is 0 Å². The smallest absolute Gasteiger partial charge is 0.163 e. The molecule has 1 aromatic carbocycles. The third kappa shape index (κ3) is 4.94. The van der Waals surface area contributed by atoms with Gasteiger partial charge in [-0.05, 0) is 32.8 Å². The van der Waals surface area contributed by atoms with E-state index in [2.05, 4.69) is 19.1 Å².